The zero-order chi connectivity index (χ0) is 15.6. The molecule has 0 saturated heterocycles. The Morgan fingerprint density at radius 2 is 2.00 bits per heavy atom. The maximum absolute atomic E-state index is 12.6. The summed E-state index contributed by atoms with van der Waals surface area (Å²) in [6, 6.07) is 4.68. The van der Waals surface area contributed by atoms with E-state index in [4.69, 9.17) is 11.5 Å². The van der Waals surface area contributed by atoms with Gasteiger partial charge in [0, 0.05) is 12.2 Å². The number of hydrogen-bond donors (Lipinski definition) is 3. The molecule has 1 unspecified atom stereocenters. The normalized spacial score (nSPS) is 12.5. The number of nitrogen functional groups attached to an aromatic ring is 1. The van der Waals surface area contributed by atoms with Gasteiger partial charge in [-0.1, -0.05) is 13.3 Å². The van der Waals surface area contributed by atoms with Crippen LogP contribution in [0.4, 0.5) is 5.69 Å². The minimum atomic E-state index is -0.362. The Balaban J connectivity index is 2.65. The summed E-state index contributed by atoms with van der Waals surface area (Å²) in [5, 5.41) is 4.85. The summed E-state index contributed by atoms with van der Waals surface area (Å²) in [5.74, 6) is 0. The Bertz CT molecular complexity index is 749. The summed E-state index contributed by atoms with van der Waals surface area (Å²) in [4.78, 5) is 25.9. The van der Waals surface area contributed by atoms with Crippen molar-refractivity contribution >= 4 is 16.5 Å². The van der Waals surface area contributed by atoms with Crippen molar-refractivity contribution in [1.29, 1.82) is 0 Å². The van der Waals surface area contributed by atoms with Gasteiger partial charge in [-0.3, -0.25) is 14.6 Å². The molecule has 1 aromatic heterocycles. The number of fused-ring (bicyclic) bond motifs is 1. The molecule has 0 radical (unpaired) electrons. The molecule has 0 aliphatic carbocycles. The topological polar surface area (TPSA) is 110 Å². The highest BCUT2D eigenvalue weighted by atomic mass is 16.2. The van der Waals surface area contributed by atoms with Crippen LogP contribution in [0.25, 0.3) is 10.8 Å². The molecular formula is C14H21N5O2. The van der Waals surface area contributed by atoms with Crippen LogP contribution in [0.3, 0.4) is 0 Å². The quantitative estimate of drug-likeness (QED) is 0.542. The van der Waals surface area contributed by atoms with E-state index in [0.29, 0.717) is 17.6 Å². The molecule has 7 heteroatoms. The summed E-state index contributed by atoms with van der Waals surface area (Å²) in [6.45, 7) is 4.41. The Morgan fingerprint density at radius 1 is 1.29 bits per heavy atom. The number of hydrogen-bond acceptors (Lipinski definition) is 5. The van der Waals surface area contributed by atoms with E-state index in [1.165, 1.54) is 10.9 Å². The van der Waals surface area contributed by atoms with E-state index in [-0.39, 0.29) is 22.7 Å². The van der Waals surface area contributed by atoms with E-state index >= 15 is 0 Å². The first-order valence-electron chi connectivity index (χ1n) is 7.06. The molecule has 0 aliphatic rings. The first-order valence-corrected chi connectivity index (χ1v) is 7.06. The molecule has 0 amide bonds. The summed E-state index contributed by atoms with van der Waals surface area (Å²) in [5.41, 5.74) is 11.5. The van der Waals surface area contributed by atoms with Crippen LogP contribution in [0.5, 0.6) is 0 Å². The van der Waals surface area contributed by atoms with Crippen molar-refractivity contribution in [3.8, 4) is 0 Å². The number of rotatable bonds is 5. The van der Waals surface area contributed by atoms with Crippen molar-refractivity contribution in [2.24, 2.45) is 5.73 Å². The van der Waals surface area contributed by atoms with Crippen LogP contribution in [0, 0.1) is 0 Å². The van der Waals surface area contributed by atoms with E-state index < -0.39 is 0 Å². The summed E-state index contributed by atoms with van der Waals surface area (Å²) < 4.78 is 0. The fourth-order valence-corrected chi connectivity index (χ4v) is 2.41. The third-order valence-electron chi connectivity index (χ3n) is 3.47. The maximum Gasteiger partial charge on any atom is 0.292 e. The van der Waals surface area contributed by atoms with Gasteiger partial charge >= 0.3 is 0 Å². The zero-order valence-electron chi connectivity index (χ0n) is 12.3. The lowest BCUT2D eigenvalue weighted by Crippen LogP contribution is -2.55. The second-order valence-corrected chi connectivity index (χ2v) is 4.97. The molecule has 7 nitrogen and oxygen atoms in total. The average Bonchev–Trinajstić information content (AvgIpc) is 2.45. The van der Waals surface area contributed by atoms with Crippen LogP contribution in [0.2, 0.25) is 0 Å². The predicted molar refractivity (Wildman–Crippen MR) is 84.9 cm³/mol. The number of aromatic nitrogens is 2. The number of aromatic amines is 1. The van der Waals surface area contributed by atoms with Crippen LogP contribution in [0.1, 0.15) is 26.7 Å². The molecule has 0 saturated carbocycles. The monoisotopic (exact) mass is 291 g/mol. The van der Waals surface area contributed by atoms with Gasteiger partial charge in [0.05, 0.1) is 16.9 Å². The van der Waals surface area contributed by atoms with Crippen LogP contribution < -0.4 is 27.6 Å². The van der Waals surface area contributed by atoms with E-state index in [0.717, 1.165) is 12.8 Å². The van der Waals surface area contributed by atoms with Gasteiger partial charge in [-0.2, -0.15) is 4.79 Å². The van der Waals surface area contributed by atoms with E-state index in [1.54, 1.807) is 17.1 Å². The van der Waals surface area contributed by atoms with E-state index in [1.807, 2.05) is 13.8 Å². The molecule has 0 spiro atoms. The molecule has 2 aromatic rings. The number of nitrogens with one attached hydrogen (secondary N) is 1. The lowest BCUT2D eigenvalue weighted by molar-refractivity contribution is 0.417. The molecular weight excluding hydrogens is 270 g/mol. The molecule has 5 N–H and O–H groups in total. The lowest BCUT2D eigenvalue weighted by Gasteiger charge is -2.30. The molecule has 0 fully saturated rings. The van der Waals surface area contributed by atoms with Gasteiger partial charge in [0.2, 0.25) is 0 Å². The second kappa shape index (κ2) is 6.01. The summed E-state index contributed by atoms with van der Waals surface area (Å²) in [6.07, 6.45) is 1.28. The van der Waals surface area contributed by atoms with Gasteiger partial charge in [-0.05, 0) is 31.5 Å². The van der Waals surface area contributed by atoms with Crippen LogP contribution >= 0.6 is 0 Å². The molecule has 0 aliphatic heterocycles. The van der Waals surface area contributed by atoms with Crippen LogP contribution in [-0.2, 0) is 0 Å². The minimum Gasteiger partial charge on any atom is -0.399 e. The molecule has 2 rings (SSSR count). The van der Waals surface area contributed by atoms with Crippen molar-refractivity contribution in [3.63, 3.8) is 0 Å². The van der Waals surface area contributed by atoms with E-state index in [2.05, 4.69) is 5.10 Å². The molecule has 1 atom stereocenters. The molecule has 1 aromatic carbocycles. The highest BCUT2D eigenvalue weighted by molar-refractivity contribution is 5.83. The van der Waals surface area contributed by atoms with E-state index in [9.17, 15) is 9.59 Å². The Labute approximate surface area is 122 Å². The first-order chi connectivity index (χ1) is 9.99. The lowest BCUT2D eigenvalue weighted by atomic mass is 10.2. The summed E-state index contributed by atoms with van der Waals surface area (Å²) >= 11 is 0. The molecule has 114 valence electrons. The van der Waals surface area contributed by atoms with Crippen molar-refractivity contribution in [1.82, 2.24) is 9.89 Å². The van der Waals surface area contributed by atoms with Gasteiger partial charge in [0.25, 0.3) is 11.1 Å². The SMILES string of the molecule is CCCC(N)N(CC)n1[nH]c(=O)c2cc(N)ccc2c1=O. The number of nitrogens with zero attached hydrogens (tertiary/aromatic N) is 2. The maximum atomic E-state index is 12.6. The highest BCUT2D eigenvalue weighted by Gasteiger charge is 2.16. The van der Waals surface area contributed by atoms with Crippen molar-refractivity contribution in [2.45, 2.75) is 32.9 Å². The number of benzene rings is 1. The minimum absolute atomic E-state index is 0.288. The highest BCUT2D eigenvalue weighted by Crippen LogP contribution is 2.10. The fraction of sp³-hybridized carbons (Fsp3) is 0.429. The zero-order valence-corrected chi connectivity index (χ0v) is 12.3. The van der Waals surface area contributed by atoms with Crippen molar-refractivity contribution in [3.05, 3.63) is 38.9 Å². The summed E-state index contributed by atoms with van der Waals surface area (Å²) in [7, 11) is 0. The van der Waals surface area contributed by atoms with Crippen molar-refractivity contribution < 1.29 is 0 Å². The number of anilines is 1. The van der Waals surface area contributed by atoms with Gasteiger partial charge in [-0.25, -0.2) is 5.10 Å². The third kappa shape index (κ3) is 2.78. The Morgan fingerprint density at radius 3 is 2.62 bits per heavy atom. The fourth-order valence-electron chi connectivity index (χ4n) is 2.41. The first kappa shape index (κ1) is 15.1. The van der Waals surface area contributed by atoms with Gasteiger partial charge in [0.1, 0.15) is 0 Å². The van der Waals surface area contributed by atoms with Crippen molar-refractivity contribution in [2.75, 3.05) is 17.3 Å². The molecule has 1 heterocycles. The second-order valence-electron chi connectivity index (χ2n) is 4.97. The standard InChI is InChI=1S/C14H21N5O2/c1-3-5-12(16)18(4-2)19-14(21)10-7-6-9(15)8-11(10)13(20)17-19/h6-8,12H,3-5,15-16H2,1-2H3,(H,17,20). The number of H-pyrrole nitrogens is 1. The van der Waals surface area contributed by atoms with Gasteiger partial charge in [-0.15, -0.1) is 0 Å². The van der Waals surface area contributed by atoms with Gasteiger partial charge in [0.15, 0.2) is 0 Å². The molecule has 0 bridgehead atoms. The van der Waals surface area contributed by atoms with Gasteiger partial charge < -0.3 is 11.5 Å². The van der Waals surface area contributed by atoms with Crippen LogP contribution in [0.15, 0.2) is 27.8 Å². The Kier molecular flexibility index (Phi) is 4.32. The van der Waals surface area contributed by atoms with Crippen LogP contribution in [-0.4, -0.2) is 22.6 Å². The smallest absolute Gasteiger partial charge is 0.292 e. The molecule has 21 heavy (non-hydrogen) atoms. The number of nitrogens with two attached hydrogens (primary N) is 2. The Hall–Kier alpha value is -2.28. The predicted octanol–water partition coefficient (Wildman–Crippen LogP) is 0.315. The largest absolute Gasteiger partial charge is 0.399 e. The third-order valence-corrected chi connectivity index (χ3v) is 3.47. The average molecular weight is 291 g/mol.